The van der Waals surface area contributed by atoms with Crippen LogP contribution in [0.3, 0.4) is 0 Å². The van der Waals surface area contributed by atoms with E-state index >= 15 is 0 Å². The van der Waals surface area contributed by atoms with Gasteiger partial charge in [0.2, 0.25) is 17.3 Å². The van der Waals surface area contributed by atoms with E-state index in [-0.39, 0.29) is 11.3 Å². The molecule has 2 aromatic carbocycles. The third kappa shape index (κ3) is 3.60. The van der Waals surface area contributed by atoms with Gasteiger partial charge in [0.05, 0.1) is 6.61 Å². The lowest BCUT2D eigenvalue weighted by Gasteiger charge is -2.36. The second-order valence-electron chi connectivity index (χ2n) is 6.20. The molecule has 0 spiro atoms. The van der Waals surface area contributed by atoms with E-state index in [4.69, 9.17) is 25.8 Å². The van der Waals surface area contributed by atoms with Gasteiger partial charge < -0.3 is 34.6 Å². The zero-order chi connectivity index (χ0) is 21.2. The van der Waals surface area contributed by atoms with Crippen molar-refractivity contribution in [3.8, 4) is 16.9 Å². The first-order valence-electron chi connectivity index (χ1n) is 8.81. The molecule has 1 aliphatic heterocycles. The summed E-state index contributed by atoms with van der Waals surface area (Å²) in [7, 11) is 1.26. The van der Waals surface area contributed by atoms with Crippen molar-refractivity contribution >= 4 is 11.6 Å². The Hall–Kier alpha value is -2.87. The van der Waals surface area contributed by atoms with E-state index in [2.05, 4.69) is 0 Å². The maximum absolute atomic E-state index is 10.5. The van der Waals surface area contributed by atoms with Gasteiger partial charge in [-0.3, -0.25) is 0 Å². The van der Waals surface area contributed by atoms with Crippen molar-refractivity contribution in [2.24, 2.45) is 0 Å². The molecule has 0 aromatic heterocycles. The summed E-state index contributed by atoms with van der Waals surface area (Å²) in [4.78, 5) is 0. The van der Waals surface area contributed by atoms with Gasteiger partial charge in [0.15, 0.2) is 5.76 Å². The van der Waals surface area contributed by atoms with E-state index in [1.807, 2.05) is 19.1 Å². The number of aliphatic hydroxyl groups is 4. The van der Waals surface area contributed by atoms with Gasteiger partial charge in [-0.1, -0.05) is 29.8 Å². The molecule has 29 heavy (non-hydrogen) atoms. The molecular weight excluding hydrogens is 400 g/mol. The lowest BCUT2D eigenvalue weighted by atomic mass is 9.95. The molecule has 154 valence electrons. The summed E-state index contributed by atoms with van der Waals surface area (Å²) in [6.07, 6.45) is 0. The van der Waals surface area contributed by atoms with Crippen LogP contribution in [0.4, 0.5) is 0 Å². The van der Waals surface area contributed by atoms with E-state index in [0.717, 1.165) is 5.56 Å². The minimum atomic E-state index is -1.97. The fourth-order valence-corrected chi connectivity index (χ4v) is 3.30. The number of rotatable bonds is 6. The predicted molar refractivity (Wildman–Crippen MR) is 107 cm³/mol. The van der Waals surface area contributed by atoms with Crippen LogP contribution in [0, 0.1) is 0 Å². The summed E-state index contributed by atoms with van der Waals surface area (Å²) in [5.74, 6) is -3.97. The number of methoxy groups -OCH3 is 1. The maximum atomic E-state index is 10.5. The Kier molecular flexibility index (Phi) is 5.93. The Morgan fingerprint density at radius 1 is 1.03 bits per heavy atom. The predicted octanol–water partition coefficient (Wildman–Crippen LogP) is 4.32. The van der Waals surface area contributed by atoms with E-state index < -0.39 is 29.7 Å². The van der Waals surface area contributed by atoms with Gasteiger partial charge in [-0.25, -0.2) is 0 Å². The molecule has 4 N–H and O–H groups in total. The van der Waals surface area contributed by atoms with Gasteiger partial charge in [0.1, 0.15) is 12.4 Å². The van der Waals surface area contributed by atoms with Crippen molar-refractivity contribution in [1.82, 2.24) is 0 Å². The summed E-state index contributed by atoms with van der Waals surface area (Å²) in [6.45, 7) is 1.73. The van der Waals surface area contributed by atoms with Crippen LogP contribution in [0.2, 0.25) is 5.02 Å². The molecule has 8 heteroatoms. The summed E-state index contributed by atoms with van der Waals surface area (Å²) in [6, 6.07) is 12.0. The van der Waals surface area contributed by atoms with Crippen LogP contribution >= 0.6 is 11.6 Å². The van der Waals surface area contributed by atoms with Crippen LogP contribution in [0.25, 0.3) is 11.1 Å². The highest BCUT2D eigenvalue weighted by atomic mass is 35.5. The normalized spacial score (nSPS) is 19.3. The van der Waals surface area contributed by atoms with E-state index in [1.165, 1.54) is 7.11 Å². The number of benzene rings is 2. The van der Waals surface area contributed by atoms with Gasteiger partial charge in [-0.15, -0.1) is 0 Å². The lowest BCUT2D eigenvalue weighted by molar-refractivity contribution is -0.212. The molecule has 7 nitrogen and oxygen atoms in total. The average molecular weight is 421 g/mol. The summed E-state index contributed by atoms with van der Waals surface area (Å²) in [5.41, 5.74) is 1.68. The summed E-state index contributed by atoms with van der Waals surface area (Å²) >= 11 is 6.38. The molecule has 1 heterocycles. The van der Waals surface area contributed by atoms with Crippen molar-refractivity contribution in [2.45, 2.75) is 12.7 Å². The van der Waals surface area contributed by atoms with Crippen molar-refractivity contribution in [1.29, 1.82) is 0 Å². The van der Waals surface area contributed by atoms with Gasteiger partial charge in [0.25, 0.3) is 5.79 Å². The molecule has 0 radical (unpaired) electrons. The molecule has 1 aliphatic rings. The number of halogens is 1. The van der Waals surface area contributed by atoms with E-state index in [9.17, 15) is 20.4 Å². The number of ether oxygens (including phenoxy) is 3. The highest BCUT2D eigenvalue weighted by molar-refractivity contribution is 6.33. The van der Waals surface area contributed by atoms with Crippen molar-refractivity contribution < 1.29 is 34.6 Å². The van der Waals surface area contributed by atoms with Crippen molar-refractivity contribution in [2.75, 3.05) is 20.3 Å². The van der Waals surface area contributed by atoms with Crippen LogP contribution in [0.15, 0.2) is 65.5 Å². The van der Waals surface area contributed by atoms with Crippen LogP contribution in [-0.2, 0) is 15.3 Å². The van der Waals surface area contributed by atoms with E-state index in [1.54, 1.807) is 30.3 Å². The largest absolute Gasteiger partial charge is 0.503 e. The first-order chi connectivity index (χ1) is 13.9. The molecule has 0 aliphatic carbocycles. The smallest absolute Gasteiger partial charge is 0.300 e. The van der Waals surface area contributed by atoms with Gasteiger partial charge in [-0.05, 0) is 36.8 Å². The zero-order valence-corrected chi connectivity index (χ0v) is 16.6. The molecule has 0 saturated carbocycles. The molecular formula is C21H21ClO7. The minimum Gasteiger partial charge on any atom is -0.503 e. The van der Waals surface area contributed by atoms with Gasteiger partial charge >= 0.3 is 0 Å². The van der Waals surface area contributed by atoms with Crippen LogP contribution < -0.4 is 4.74 Å². The quantitative estimate of drug-likeness (QED) is 0.550. The molecule has 3 rings (SSSR count). The van der Waals surface area contributed by atoms with Crippen LogP contribution in [0.5, 0.6) is 5.75 Å². The second-order valence-corrected chi connectivity index (χ2v) is 6.61. The van der Waals surface area contributed by atoms with Crippen LogP contribution in [-0.4, -0.2) is 40.7 Å². The minimum absolute atomic E-state index is 0.288. The van der Waals surface area contributed by atoms with Gasteiger partial charge in [0, 0.05) is 23.3 Å². The fraction of sp³-hybridized carbons (Fsp3) is 0.238. The molecule has 2 aromatic rings. The van der Waals surface area contributed by atoms with E-state index in [0.29, 0.717) is 22.9 Å². The van der Waals surface area contributed by atoms with Crippen LogP contribution in [0.1, 0.15) is 12.5 Å². The van der Waals surface area contributed by atoms with Crippen molar-refractivity contribution in [3.63, 3.8) is 0 Å². The second kappa shape index (κ2) is 8.24. The maximum Gasteiger partial charge on any atom is 0.300 e. The topological polar surface area (TPSA) is 109 Å². The molecule has 0 fully saturated rings. The Balaban J connectivity index is 2.11. The number of hydrogen-bond donors (Lipinski definition) is 4. The molecule has 1 atom stereocenters. The summed E-state index contributed by atoms with van der Waals surface area (Å²) < 4.78 is 16.4. The zero-order valence-electron chi connectivity index (χ0n) is 15.8. The highest BCUT2D eigenvalue weighted by Crippen LogP contribution is 2.43. The number of hydrogen-bond acceptors (Lipinski definition) is 7. The fourth-order valence-electron chi connectivity index (χ4n) is 3.08. The Morgan fingerprint density at radius 2 is 1.72 bits per heavy atom. The standard InChI is InChI=1S/C21H21ClO7/c1-3-28-14-7-4-12(5-8-14)15-10-13(6-9-16(15)22)21(27-2)20(26)19(25)18(24)17(11-23)29-21/h4-10,23-26H,3,11H2,1-2H3. The third-order valence-corrected chi connectivity index (χ3v) is 4.87. The monoisotopic (exact) mass is 420 g/mol. The molecule has 0 bridgehead atoms. The Morgan fingerprint density at radius 3 is 2.31 bits per heavy atom. The summed E-state index contributed by atoms with van der Waals surface area (Å²) in [5, 5.41) is 40.4. The first kappa shape index (κ1) is 20.9. The van der Waals surface area contributed by atoms with Gasteiger partial charge in [-0.2, -0.15) is 0 Å². The highest BCUT2D eigenvalue weighted by Gasteiger charge is 2.47. The Labute approximate surface area is 172 Å². The lowest BCUT2D eigenvalue weighted by Crippen LogP contribution is -2.39. The molecule has 0 amide bonds. The molecule has 1 unspecified atom stereocenters. The average Bonchev–Trinajstić information content (AvgIpc) is 2.74. The SMILES string of the molecule is CCOc1ccc(-c2cc(C3(OC)OC(CO)=C(O)C(O)=C3O)ccc2Cl)cc1. The third-order valence-electron chi connectivity index (χ3n) is 4.55. The van der Waals surface area contributed by atoms with Crippen molar-refractivity contribution in [3.05, 3.63) is 76.1 Å². The Bertz CT molecular complexity index is 965. The number of aliphatic hydroxyl groups excluding tert-OH is 4. The first-order valence-corrected chi connectivity index (χ1v) is 9.19. The molecule has 0 saturated heterocycles.